The maximum absolute atomic E-state index is 12.7. The molecule has 30 heavy (non-hydrogen) atoms. The quantitative estimate of drug-likeness (QED) is 0.524. The second-order valence-corrected chi connectivity index (χ2v) is 10.9. The first-order valence-electron chi connectivity index (χ1n) is 10.3. The van der Waals surface area contributed by atoms with Crippen molar-refractivity contribution in [2.75, 3.05) is 18.4 Å². The predicted octanol–water partition coefficient (Wildman–Crippen LogP) is 0.331. The molecular weight excluding hydrogens is 404 g/mol. The largest absolute Gasteiger partial charge is 0.444 e. The molecule has 0 saturated carbocycles. The number of nitrogens with one attached hydrogen (secondary N) is 2. The number of amides is 3. The number of piperidine rings is 2. The predicted molar refractivity (Wildman–Crippen MR) is 115 cm³/mol. The molecule has 0 unspecified atom stereocenters. The number of imide groups is 1. The van der Waals surface area contributed by atoms with Gasteiger partial charge in [-0.1, -0.05) is 0 Å². The Morgan fingerprint density at radius 1 is 1.27 bits per heavy atom. The molecule has 0 aromatic carbocycles. The van der Waals surface area contributed by atoms with E-state index in [4.69, 9.17) is 4.74 Å². The number of likely N-dealkylation sites (tertiary alicyclic amines) is 1. The molecule has 2 fully saturated rings. The average Bonchev–Trinajstić information content (AvgIpc) is 2.64. The summed E-state index contributed by atoms with van der Waals surface area (Å²) in [6, 6.07) is 3.28. The molecule has 0 spiro atoms. The van der Waals surface area contributed by atoms with Crippen molar-refractivity contribution in [3.63, 3.8) is 0 Å². The number of anilines is 1. The van der Waals surface area contributed by atoms with Gasteiger partial charge in [-0.25, -0.2) is 4.79 Å². The lowest BCUT2D eigenvalue weighted by Gasteiger charge is -2.35. The third kappa shape index (κ3) is 5.10. The normalized spacial score (nSPS) is 23.2. The summed E-state index contributed by atoms with van der Waals surface area (Å²) in [4.78, 5) is 50.2. The third-order valence-electron chi connectivity index (χ3n) is 5.48. The van der Waals surface area contributed by atoms with Gasteiger partial charge in [-0.05, 0) is 46.1 Å². The van der Waals surface area contributed by atoms with Crippen LogP contribution in [-0.2, 0) is 14.3 Å². The molecule has 3 rings (SSSR count). The minimum Gasteiger partial charge on any atom is -0.444 e. The van der Waals surface area contributed by atoms with Gasteiger partial charge in [0.15, 0.2) is 0 Å². The molecule has 0 bridgehead atoms. The van der Waals surface area contributed by atoms with Crippen LogP contribution in [0.2, 0.25) is 0 Å². The van der Waals surface area contributed by atoms with E-state index in [0.717, 1.165) is 0 Å². The molecule has 10 heteroatoms. The zero-order chi connectivity index (χ0) is 22.1. The fourth-order valence-corrected chi connectivity index (χ4v) is 4.43. The number of carbonyl (C=O) groups is 3. The van der Waals surface area contributed by atoms with Crippen molar-refractivity contribution in [2.45, 2.75) is 63.3 Å². The summed E-state index contributed by atoms with van der Waals surface area (Å²) in [6.07, 6.45) is 3.46. The second-order valence-electron chi connectivity index (χ2n) is 9.19. The molecule has 2 saturated heterocycles. The topological polar surface area (TPSA) is 110 Å². The van der Waals surface area contributed by atoms with Gasteiger partial charge in [0.05, 0.1) is 5.16 Å². The molecule has 0 radical (unpaired) electrons. The van der Waals surface area contributed by atoms with Crippen molar-refractivity contribution in [1.82, 2.24) is 14.8 Å². The van der Waals surface area contributed by atoms with Crippen molar-refractivity contribution < 1.29 is 19.1 Å². The zero-order valence-electron chi connectivity index (χ0n) is 18.0. The van der Waals surface area contributed by atoms with Gasteiger partial charge in [0.1, 0.15) is 5.60 Å². The maximum atomic E-state index is 12.7. The van der Waals surface area contributed by atoms with Crippen molar-refractivity contribution in [1.29, 1.82) is 0 Å². The van der Waals surface area contributed by atoms with Crippen molar-refractivity contribution in [2.24, 2.45) is 0 Å². The SMILES string of the molecule is CC(C)(C)OC(=O)N1CCC(n2ccc(N[C@]3([SiH3])CCC(=O)NC3=O)cc2=O)CC1. The van der Waals surface area contributed by atoms with Crippen LogP contribution in [0.1, 0.15) is 52.5 Å². The summed E-state index contributed by atoms with van der Waals surface area (Å²) < 4.78 is 7.10. The van der Waals surface area contributed by atoms with Gasteiger partial charge >= 0.3 is 6.09 Å². The lowest BCUT2D eigenvalue weighted by molar-refractivity contribution is -0.134. The lowest BCUT2D eigenvalue weighted by atomic mass is 10.0. The Morgan fingerprint density at radius 2 is 1.93 bits per heavy atom. The fourth-order valence-electron chi connectivity index (χ4n) is 3.76. The number of carbonyl (C=O) groups excluding carboxylic acids is 3. The molecule has 3 amide bonds. The number of rotatable bonds is 3. The summed E-state index contributed by atoms with van der Waals surface area (Å²) in [7, 11) is 0.502. The maximum Gasteiger partial charge on any atom is 0.410 e. The summed E-state index contributed by atoms with van der Waals surface area (Å²) in [6.45, 7) is 6.58. The Morgan fingerprint density at radius 3 is 2.50 bits per heavy atom. The fraction of sp³-hybridized carbons (Fsp3) is 0.600. The van der Waals surface area contributed by atoms with Gasteiger partial charge in [-0.2, -0.15) is 0 Å². The summed E-state index contributed by atoms with van der Waals surface area (Å²) in [5.41, 5.74) is -0.120. The standard InChI is InChI=1S/C20H30N4O5Si/c1-19(2,3)29-18(28)23-9-6-14(7-10-23)24-11-5-13(12-16(24)26)22-20(30)8-4-15(25)21-17(20)27/h5,11-12,14,22H,4,6-10H2,1-3,30H3,(H,21,25,27)/t20-/m0/s1. The highest BCUT2D eigenvalue weighted by Gasteiger charge is 2.38. The van der Waals surface area contributed by atoms with E-state index in [2.05, 4.69) is 10.6 Å². The van der Waals surface area contributed by atoms with E-state index in [9.17, 15) is 19.2 Å². The van der Waals surface area contributed by atoms with E-state index in [1.165, 1.54) is 6.07 Å². The molecule has 1 aromatic rings. The van der Waals surface area contributed by atoms with Crippen LogP contribution < -0.4 is 16.2 Å². The highest BCUT2D eigenvalue weighted by molar-refractivity contribution is 6.32. The minimum atomic E-state index is -0.800. The van der Waals surface area contributed by atoms with Crippen molar-refractivity contribution >= 4 is 33.8 Å². The monoisotopic (exact) mass is 434 g/mol. The summed E-state index contributed by atoms with van der Waals surface area (Å²) in [5, 5.41) is 4.72. The molecule has 1 atom stereocenters. The van der Waals surface area contributed by atoms with Crippen LogP contribution in [0.3, 0.4) is 0 Å². The highest BCUT2D eigenvalue weighted by Crippen LogP contribution is 2.24. The average molecular weight is 435 g/mol. The molecule has 0 aliphatic carbocycles. The lowest BCUT2D eigenvalue weighted by Crippen LogP contribution is -2.58. The van der Waals surface area contributed by atoms with Crippen LogP contribution in [-0.4, -0.2) is 61.5 Å². The summed E-state index contributed by atoms with van der Waals surface area (Å²) >= 11 is 0. The Labute approximate surface area is 178 Å². The van der Waals surface area contributed by atoms with Gasteiger partial charge in [0, 0.05) is 53.7 Å². The molecule has 2 N–H and O–H groups in total. The molecule has 2 aliphatic heterocycles. The second kappa shape index (κ2) is 8.25. The van der Waals surface area contributed by atoms with Gasteiger partial charge < -0.3 is 19.5 Å². The number of hydrogen-bond acceptors (Lipinski definition) is 6. The van der Waals surface area contributed by atoms with Gasteiger partial charge in [0.25, 0.3) is 5.56 Å². The van der Waals surface area contributed by atoms with Crippen LogP contribution in [0.4, 0.5) is 10.5 Å². The number of hydrogen-bond donors (Lipinski definition) is 2. The molecule has 1 aromatic heterocycles. The Kier molecular flexibility index (Phi) is 6.07. The minimum absolute atomic E-state index is 0.00537. The smallest absolute Gasteiger partial charge is 0.410 e. The number of ether oxygens (including phenoxy) is 1. The van der Waals surface area contributed by atoms with Crippen LogP contribution in [0.5, 0.6) is 0 Å². The van der Waals surface area contributed by atoms with Crippen LogP contribution in [0, 0.1) is 0 Å². The summed E-state index contributed by atoms with van der Waals surface area (Å²) in [5.74, 6) is -0.592. The zero-order valence-corrected chi connectivity index (χ0v) is 20.0. The first kappa shape index (κ1) is 22.1. The van der Waals surface area contributed by atoms with E-state index in [0.29, 0.717) is 48.3 Å². The van der Waals surface area contributed by atoms with E-state index >= 15 is 0 Å². The van der Waals surface area contributed by atoms with Crippen LogP contribution >= 0.6 is 0 Å². The first-order chi connectivity index (χ1) is 14.0. The first-order valence-corrected chi connectivity index (χ1v) is 11.3. The van der Waals surface area contributed by atoms with E-state index in [-0.39, 0.29) is 35.9 Å². The van der Waals surface area contributed by atoms with Crippen LogP contribution in [0.25, 0.3) is 0 Å². The van der Waals surface area contributed by atoms with Gasteiger partial charge in [-0.3, -0.25) is 19.7 Å². The van der Waals surface area contributed by atoms with Crippen molar-refractivity contribution in [3.05, 3.63) is 28.7 Å². The Balaban J connectivity index is 1.63. The molecule has 164 valence electrons. The van der Waals surface area contributed by atoms with Gasteiger partial charge in [-0.15, -0.1) is 0 Å². The van der Waals surface area contributed by atoms with Crippen LogP contribution in [0.15, 0.2) is 23.1 Å². The van der Waals surface area contributed by atoms with Crippen molar-refractivity contribution in [3.8, 4) is 0 Å². The molecule has 2 aliphatic rings. The Bertz CT molecular complexity index is 901. The Hall–Kier alpha value is -2.62. The highest BCUT2D eigenvalue weighted by atomic mass is 28.1. The van der Waals surface area contributed by atoms with E-state index < -0.39 is 10.8 Å². The number of nitrogens with zero attached hydrogens (tertiary/aromatic N) is 2. The van der Waals surface area contributed by atoms with Gasteiger partial charge in [0.2, 0.25) is 11.8 Å². The third-order valence-corrected chi connectivity index (χ3v) is 6.69. The number of pyridine rings is 1. The molecule has 9 nitrogen and oxygen atoms in total. The van der Waals surface area contributed by atoms with E-state index in [1.807, 2.05) is 20.8 Å². The molecular formula is C20H30N4O5Si. The van der Waals surface area contributed by atoms with E-state index in [1.54, 1.807) is 21.7 Å². The number of aromatic nitrogens is 1. The molecule has 3 heterocycles.